The number of thioether (sulfide) groups is 1. The normalized spacial score (nSPS) is 10.4. The second-order valence-electron chi connectivity index (χ2n) is 3.31. The van der Waals surface area contributed by atoms with Gasteiger partial charge in [-0.15, -0.1) is 11.8 Å². The van der Waals surface area contributed by atoms with Crippen molar-refractivity contribution in [2.75, 3.05) is 12.4 Å². The lowest BCUT2D eigenvalue weighted by Gasteiger charge is -2.05. The minimum Gasteiger partial charge on any atom is -0.478 e. The predicted octanol–water partition coefficient (Wildman–Crippen LogP) is 1.82. The van der Waals surface area contributed by atoms with Crippen molar-refractivity contribution in [3.8, 4) is 0 Å². The van der Waals surface area contributed by atoms with Crippen LogP contribution in [0.4, 0.5) is 0 Å². The highest BCUT2D eigenvalue weighted by Gasteiger charge is 2.08. The van der Waals surface area contributed by atoms with Gasteiger partial charge in [0.2, 0.25) is 0 Å². The Morgan fingerprint density at radius 2 is 2.25 bits per heavy atom. The highest BCUT2D eigenvalue weighted by atomic mass is 32.2. The van der Waals surface area contributed by atoms with Crippen LogP contribution in [0.15, 0.2) is 17.2 Å². The van der Waals surface area contributed by atoms with Gasteiger partial charge in [-0.25, -0.2) is 9.78 Å². The molecule has 0 aliphatic carbocycles. The second-order valence-corrected chi connectivity index (χ2v) is 4.43. The van der Waals surface area contributed by atoms with Crippen molar-refractivity contribution in [2.45, 2.75) is 24.8 Å². The number of carboxylic acids is 1. The molecule has 0 saturated carbocycles. The molecule has 1 rings (SSSR count). The van der Waals surface area contributed by atoms with Gasteiger partial charge in [0.15, 0.2) is 0 Å². The predicted molar refractivity (Wildman–Crippen MR) is 63.0 cm³/mol. The number of carboxylic acid groups (broad SMARTS) is 1. The summed E-state index contributed by atoms with van der Waals surface area (Å²) < 4.78 is 0. The van der Waals surface area contributed by atoms with Gasteiger partial charge >= 0.3 is 5.97 Å². The van der Waals surface area contributed by atoms with Gasteiger partial charge in [-0.2, -0.15) is 0 Å². The Morgan fingerprint density at radius 3 is 2.81 bits per heavy atom. The maximum absolute atomic E-state index is 10.9. The Balaban J connectivity index is 2.93. The maximum atomic E-state index is 10.9. The van der Waals surface area contributed by atoms with E-state index in [9.17, 15) is 4.79 Å². The molecule has 0 bridgehead atoms. The summed E-state index contributed by atoms with van der Waals surface area (Å²) in [6.45, 7) is 2.09. The van der Waals surface area contributed by atoms with Crippen molar-refractivity contribution >= 4 is 17.7 Å². The van der Waals surface area contributed by atoms with E-state index in [-0.39, 0.29) is 12.2 Å². The van der Waals surface area contributed by atoms with Crippen molar-refractivity contribution in [3.63, 3.8) is 0 Å². The number of aryl methyl sites for hydroxylation is 1. The summed E-state index contributed by atoms with van der Waals surface area (Å²) in [5.74, 6) is -0.410. The highest BCUT2D eigenvalue weighted by molar-refractivity contribution is 7.99. The number of hydrogen-bond acceptors (Lipinski definition) is 4. The minimum atomic E-state index is -0.939. The van der Waals surface area contributed by atoms with Crippen molar-refractivity contribution in [3.05, 3.63) is 23.4 Å². The third-order valence-corrected chi connectivity index (χ3v) is 2.84. The van der Waals surface area contributed by atoms with E-state index in [1.807, 2.05) is 6.92 Å². The van der Waals surface area contributed by atoms with E-state index < -0.39 is 5.97 Å². The zero-order valence-corrected chi connectivity index (χ0v) is 9.96. The quantitative estimate of drug-likeness (QED) is 0.743. The number of carbonyl (C=O) groups is 1. The number of hydrogen-bond donors (Lipinski definition) is 2. The molecule has 2 N–H and O–H groups in total. The van der Waals surface area contributed by atoms with Gasteiger partial charge in [0, 0.05) is 11.4 Å². The highest BCUT2D eigenvalue weighted by Crippen LogP contribution is 2.18. The van der Waals surface area contributed by atoms with Gasteiger partial charge in [-0.3, -0.25) is 0 Å². The van der Waals surface area contributed by atoms with Crippen LogP contribution >= 0.6 is 11.8 Å². The van der Waals surface area contributed by atoms with Crippen LogP contribution in [0.3, 0.4) is 0 Å². The van der Waals surface area contributed by atoms with Gasteiger partial charge in [-0.05, 0) is 18.6 Å². The average Bonchev–Trinajstić information content (AvgIpc) is 2.26. The Kier molecular flexibility index (Phi) is 5.28. The molecular formula is C11H15NO3S. The lowest BCUT2D eigenvalue weighted by molar-refractivity contribution is 0.0696. The SMILES string of the molecule is CCCc1cc(C(=O)O)cc(SCCO)n1. The Bertz CT molecular complexity index is 368. The van der Waals surface area contributed by atoms with Crippen molar-refractivity contribution in [2.24, 2.45) is 0 Å². The van der Waals surface area contributed by atoms with Crippen LogP contribution in [0.5, 0.6) is 0 Å². The Hall–Kier alpha value is -1.07. The average molecular weight is 241 g/mol. The largest absolute Gasteiger partial charge is 0.478 e. The van der Waals surface area contributed by atoms with E-state index in [0.29, 0.717) is 10.8 Å². The zero-order chi connectivity index (χ0) is 12.0. The standard InChI is InChI=1S/C11H15NO3S/c1-2-3-9-6-8(11(14)15)7-10(12-9)16-5-4-13/h6-7,13H,2-5H2,1H3,(H,14,15). The van der Waals surface area contributed by atoms with E-state index in [0.717, 1.165) is 18.5 Å². The van der Waals surface area contributed by atoms with E-state index in [1.54, 1.807) is 12.1 Å². The molecule has 1 aromatic heterocycles. The summed E-state index contributed by atoms with van der Waals surface area (Å²) in [7, 11) is 0. The fraction of sp³-hybridized carbons (Fsp3) is 0.455. The summed E-state index contributed by atoms with van der Waals surface area (Å²) in [6.07, 6.45) is 1.70. The molecule has 0 spiro atoms. The van der Waals surface area contributed by atoms with Crippen molar-refractivity contribution in [1.82, 2.24) is 4.98 Å². The van der Waals surface area contributed by atoms with Gasteiger partial charge in [0.1, 0.15) is 0 Å². The third kappa shape index (κ3) is 3.83. The molecule has 88 valence electrons. The van der Waals surface area contributed by atoms with E-state index in [2.05, 4.69) is 4.98 Å². The van der Waals surface area contributed by atoms with E-state index in [1.165, 1.54) is 11.8 Å². The number of pyridine rings is 1. The fourth-order valence-corrected chi connectivity index (χ4v) is 1.98. The van der Waals surface area contributed by atoms with E-state index >= 15 is 0 Å². The number of aliphatic hydroxyl groups excluding tert-OH is 1. The lowest BCUT2D eigenvalue weighted by atomic mass is 10.2. The van der Waals surface area contributed by atoms with Crippen molar-refractivity contribution in [1.29, 1.82) is 0 Å². The molecule has 1 aromatic rings. The molecule has 16 heavy (non-hydrogen) atoms. The molecule has 4 nitrogen and oxygen atoms in total. The Labute approximate surface area is 98.7 Å². The molecule has 0 aliphatic rings. The topological polar surface area (TPSA) is 70.4 Å². The number of aliphatic hydroxyl groups is 1. The van der Waals surface area contributed by atoms with Gasteiger partial charge in [0.05, 0.1) is 17.2 Å². The van der Waals surface area contributed by atoms with Crippen LogP contribution in [0.1, 0.15) is 29.4 Å². The molecule has 0 atom stereocenters. The molecule has 0 fully saturated rings. The van der Waals surface area contributed by atoms with Crippen LogP contribution in [-0.4, -0.2) is 33.5 Å². The molecule has 1 heterocycles. The summed E-state index contributed by atoms with van der Waals surface area (Å²) >= 11 is 1.37. The van der Waals surface area contributed by atoms with Gasteiger partial charge in [-0.1, -0.05) is 13.3 Å². The minimum absolute atomic E-state index is 0.0623. The molecule has 0 radical (unpaired) electrons. The maximum Gasteiger partial charge on any atom is 0.335 e. The lowest BCUT2D eigenvalue weighted by Crippen LogP contribution is -2.01. The van der Waals surface area contributed by atoms with Crippen molar-refractivity contribution < 1.29 is 15.0 Å². The molecule has 0 aromatic carbocycles. The molecule has 0 amide bonds. The number of aromatic carboxylic acids is 1. The molecule has 0 unspecified atom stereocenters. The first-order valence-electron chi connectivity index (χ1n) is 5.15. The number of rotatable bonds is 6. The van der Waals surface area contributed by atoms with Crippen LogP contribution in [0, 0.1) is 0 Å². The molecule has 0 saturated heterocycles. The van der Waals surface area contributed by atoms with Crippen LogP contribution < -0.4 is 0 Å². The molecule has 0 aliphatic heterocycles. The van der Waals surface area contributed by atoms with E-state index in [4.69, 9.17) is 10.2 Å². The van der Waals surface area contributed by atoms with Crippen LogP contribution in [-0.2, 0) is 6.42 Å². The summed E-state index contributed by atoms with van der Waals surface area (Å²) in [4.78, 5) is 15.2. The first-order valence-corrected chi connectivity index (χ1v) is 6.13. The molecular weight excluding hydrogens is 226 g/mol. The number of nitrogens with zero attached hydrogens (tertiary/aromatic N) is 1. The second kappa shape index (κ2) is 6.50. The summed E-state index contributed by atoms with van der Waals surface area (Å²) in [5, 5.41) is 18.3. The first-order chi connectivity index (χ1) is 7.67. The smallest absolute Gasteiger partial charge is 0.335 e. The Morgan fingerprint density at radius 1 is 1.50 bits per heavy atom. The summed E-state index contributed by atoms with van der Waals surface area (Å²) in [5.41, 5.74) is 1.06. The zero-order valence-electron chi connectivity index (χ0n) is 9.14. The van der Waals surface area contributed by atoms with Gasteiger partial charge < -0.3 is 10.2 Å². The third-order valence-electron chi connectivity index (χ3n) is 1.95. The van der Waals surface area contributed by atoms with Crippen LogP contribution in [0.25, 0.3) is 0 Å². The fourth-order valence-electron chi connectivity index (χ4n) is 1.29. The van der Waals surface area contributed by atoms with Crippen LogP contribution in [0.2, 0.25) is 0 Å². The summed E-state index contributed by atoms with van der Waals surface area (Å²) in [6, 6.07) is 3.15. The monoisotopic (exact) mass is 241 g/mol. The molecule has 5 heteroatoms. The first kappa shape index (κ1) is 13.0. The number of aromatic nitrogens is 1. The van der Waals surface area contributed by atoms with Gasteiger partial charge in [0.25, 0.3) is 0 Å².